The summed E-state index contributed by atoms with van der Waals surface area (Å²) in [7, 11) is 0. The van der Waals surface area contributed by atoms with Gasteiger partial charge in [-0.25, -0.2) is 0 Å². The second kappa shape index (κ2) is 5.14. The molecule has 0 saturated carbocycles. The number of Topliss-reactive ketones (excluding diaryl/α,β-unsaturated/α-hetero) is 1. The molecule has 2 rings (SSSR count). The van der Waals surface area contributed by atoms with Gasteiger partial charge in [0.15, 0.2) is 11.6 Å². The Morgan fingerprint density at radius 2 is 1.94 bits per heavy atom. The molecule has 1 unspecified atom stereocenters. The zero-order valence-electron chi connectivity index (χ0n) is 11.8. The smallest absolute Gasteiger partial charge is 0.177 e. The van der Waals surface area contributed by atoms with Gasteiger partial charge in [-0.15, -0.1) is 0 Å². The largest absolute Gasteiger partial charge is 0.347 e. The Bertz CT molecular complexity index is 353. The molecule has 3 nitrogen and oxygen atoms in total. The predicted octanol–water partition coefficient (Wildman–Crippen LogP) is 3.24. The van der Waals surface area contributed by atoms with E-state index in [1.54, 1.807) is 0 Å². The second-order valence-corrected chi connectivity index (χ2v) is 5.56. The molecular weight excluding hydrogens is 228 g/mol. The van der Waals surface area contributed by atoms with Crippen LogP contribution in [0.5, 0.6) is 0 Å². The van der Waals surface area contributed by atoms with Crippen LogP contribution in [0.15, 0.2) is 11.6 Å². The molecule has 18 heavy (non-hydrogen) atoms. The normalized spacial score (nSPS) is 31.5. The van der Waals surface area contributed by atoms with Crippen LogP contribution in [0.4, 0.5) is 0 Å². The Labute approximate surface area is 110 Å². The Balaban J connectivity index is 2.34. The van der Waals surface area contributed by atoms with Gasteiger partial charge in [0.05, 0.1) is 13.2 Å². The van der Waals surface area contributed by atoms with Crippen LogP contribution in [-0.4, -0.2) is 24.8 Å². The van der Waals surface area contributed by atoms with E-state index in [-0.39, 0.29) is 5.41 Å². The summed E-state index contributed by atoms with van der Waals surface area (Å²) in [4.78, 5) is 11.8. The Morgan fingerprint density at radius 1 is 1.28 bits per heavy atom. The lowest BCUT2D eigenvalue weighted by atomic mass is 9.69. The van der Waals surface area contributed by atoms with Gasteiger partial charge in [-0.3, -0.25) is 4.79 Å². The number of hydrogen-bond acceptors (Lipinski definition) is 3. The van der Waals surface area contributed by atoms with E-state index in [4.69, 9.17) is 9.47 Å². The average molecular weight is 252 g/mol. The predicted molar refractivity (Wildman–Crippen MR) is 70.3 cm³/mol. The Kier molecular flexibility index (Phi) is 3.93. The van der Waals surface area contributed by atoms with Crippen molar-refractivity contribution < 1.29 is 14.3 Å². The summed E-state index contributed by atoms with van der Waals surface area (Å²) in [5, 5.41) is 0. The average Bonchev–Trinajstić information content (AvgIpc) is 2.83. The molecular formula is C15H24O3. The fraction of sp³-hybridized carbons (Fsp3) is 0.800. The van der Waals surface area contributed by atoms with E-state index in [0.717, 1.165) is 31.3 Å². The first kappa shape index (κ1) is 13.8. The van der Waals surface area contributed by atoms with Gasteiger partial charge in [0.25, 0.3) is 0 Å². The van der Waals surface area contributed by atoms with Crippen molar-refractivity contribution in [1.29, 1.82) is 0 Å². The van der Waals surface area contributed by atoms with Crippen molar-refractivity contribution in [1.82, 2.24) is 0 Å². The lowest BCUT2D eigenvalue weighted by Gasteiger charge is -2.45. The van der Waals surface area contributed by atoms with Crippen LogP contribution in [0, 0.1) is 5.41 Å². The number of ketones is 1. The third kappa shape index (κ3) is 2.14. The Morgan fingerprint density at radius 3 is 2.50 bits per heavy atom. The minimum Gasteiger partial charge on any atom is -0.347 e. The fourth-order valence-corrected chi connectivity index (χ4v) is 3.21. The minimum atomic E-state index is -0.511. The van der Waals surface area contributed by atoms with Crippen LogP contribution >= 0.6 is 0 Å². The van der Waals surface area contributed by atoms with Crippen LogP contribution in [0.25, 0.3) is 0 Å². The monoisotopic (exact) mass is 252 g/mol. The van der Waals surface area contributed by atoms with Gasteiger partial charge in [0.1, 0.15) is 0 Å². The molecule has 1 saturated heterocycles. The summed E-state index contributed by atoms with van der Waals surface area (Å²) in [5.74, 6) is -0.220. The van der Waals surface area contributed by atoms with Crippen molar-refractivity contribution in [2.24, 2.45) is 5.41 Å². The van der Waals surface area contributed by atoms with Gasteiger partial charge >= 0.3 is 0 Å². The van der Waals surface area contributed by atoms with E-state index in [0.29, 0.717) is 25.4 Å². The summed E-state index contributed by atoms with van der Waals surface area (Å²) in [5.41, 5.74) is 0.775. The SMILES string of the molecule is CCCC1(C2(C)C=C(CC)C(=O)CC2)OCCO1. The third-order valence-corrected chi connectivity index (χ3v) is 4.31. The van der Waals surface area contributed by atoms with Gasteiger partial charge in [0.2, 0.25) is 0 Å². The highest BCUT2D eigenvalue weighted by atomic mass is 16.7. The highest BCUT2D eigenvalue weighted by molar-refractivity contribution is 5.96. The van der Waals surface area contributed by atoms with E-state index >= 15 is 0 Å². The summed E-state index contributed by atoms with van der Waals surface area (Å²) in [6.07, 6.45) is 6.30. The summed E-state index contributed by atoms with van der Waals surface area (Å²) in [6.45, 7) is 7.70. The van der Waals surface area contributed by atoms with E-state index < -0.39 is 5.79 Å². The number of rotatable bonds is 4. The van der Waals surface area contributed by atoms with Crippen LogP contribution in [0.3, 0.4) is 0 Å². The van der Waals surface area contributed by atoms with Gasteiger partial charge in [-0.05, 0) is 18.4 Å². The Hall–Kier alpha value is -0.670. The zero-order chi connectivity index (χ0) is 13.2. The first-order valence-electron chi connectivity index (χ1n) is 7.10. The lowest BCUT2D eigenvalue weighted by Crippen LogP contribution is -2.48. The lowest BCUT2D eigenvalue weighted by molar-refractivity contribution is -0.225. The molecule has 1 atom stereocenters. The van der Waals surface area contributed by atoms with E-state index in [1.165, 1.54) is 0 Å². The first-order chi connectivity index (χ1) is 8.57. The standard InChI is InChI=1S/C15H24O3/c1-4-7-15(17-9-10-18-15)14(3)8-6-13(16)12(5-2)11-14/h11H,4-10H2,1-3H3. The molecule has 0 aromatic rings. The molecule has 0 N–H and O–H groups in total. The fourth-order valence-electron chi connectivity index (χ4n) is 3.21. The van der Waals surface area contributed by atoms with Crippen molar-refractivity contribution in [2.45, 2.75) is 58.7 Å². The van der Waals surface area contributed by atoms with E-state index in [1.807, 2.05) is 6.92 Å². The van der Waals surface area contributed by atoms with Crippen molar-refractivity contribution in [3.05, 3.63) is 11.6 Å². The molecule has 2 aliphatic rings. The summed E-state index contributed by atoms with van der Waals surface area (Å²) in [6, 6.07) is 0. The van der Waals surface area contributed by atoms with Crippen molar-refractivity contribution >= 4 is 5.78 Å². The quantitative estimate of drug-likeness (QED) is 0.770. The van der Waals surface area contributed by atoms with E-state index in [2.05, 4.69) is 19.9 Å². The molecule has 0 spiro atoms. The van der Waals surface area contributed by atoms with Crippen LogP contribution in [0.2, 0.25) is 0 Å². The number of carbonyl (C=O) groups is 1. The topological polar surface area (TPSA) is 35.5 Å². The first-order valence-corrected chi connectivity index (χ1v) is 7.10. The minimum absolute atomic E-state index is 0.168. The molecule has 3 heteroatoms. The van der Waals surface area contributed by atoms with Crippen molar-refractivity contribution in [2.75, 3.05) is 13.2 Å². The van der Waals surface area contributed by atoms with Crippen molar-refractivity contribution in [3.8, 4) is 0 Å². The molecule has 1 heterocycles. The van der Waals surface area contributed by atoms with E-state index in [9.17, 15) is 4.79 Å². The number of ether oxygens (including phenoxy) is 2. The molecule has 102 valence electrons. The van der Waals surface area contributed by atoms with Gasteiger partial charge in [0, 0.05) is 18.3 Å². The molecule has 0 radical (unpaired) electrons. The number of hydrogen-bond donors (Lipinski definition) is 0. The molecule has 0 aromatic heterocycles. The maximum Gasteiger partial charge on any atom is 0.177 e. The molecule has 1 fully saturated rings. The number of allylic oxidation sites excluding steroid dienone is 1. The van der Waals surface area contributed by atoms with Gasteiger partial charge < -0.3 is 9.47 Å². The highest BCUT2D eigenvalue weighted by Gasteiger charge is 2.52. The van der Waals surface area contributed by atoms with Crippen molar-refractivity contribution in [3.63, 3.8) is 0 Å². The molecule has 0 bridgehead atoms. The maximum atomic E-state index is 11.8. The summed E-state index contributed by atoms with van der Waals surface area (Å²) >= 11 is 0. The summed E-state index contributed by atoms with van der Waals surface area (Å²) < 4.78 is 11.9. The molecule has 1 aliphatic carbocycles. The van der Waals surface area contributed by atoms with Gasteiger partial charge in [-0.1, -0.05) is 33.3 Å². The number of carbonyl (C=O) groups excluding carboxylic acids is 1. The van der Waals surface area contributed by atoms with Crippen LogP contribution in [-0.2, 0) is 14.3 Å². The third-order valence-electron chi connectivity index (χ3n) is 4.31. The van der Waals surface area contributed by atoms with Crippen LogP contribution in [0.1, 0.15) is 52.9 Å². The maximum absolute atomic E-state index is 11.8. The van der Waals surface area contributed by atoms with Crippen LogP contribution < -0.4 is 0 Å². The molecule has 0 amide bonds. The zero-order valence-corrected chi connectivity index (χ0v) is 11.8. The highest BCUT2D eigenvalue weighted by Crippen LogP contribution is 2.49. The van der Waals surface area contributed by atoms with Gasteiger partial charge in [-0.2, -0.15) is 0 Å². The molecule has 1 aliphatic heterocycles. The second-order valence-electron chi connectivity index (χ2n) is 5.56. The molecule has 0 aromatic carbocycles.